The van der Waals surface area contributed by atoms with Gasteiger partial charge in [0, 0.05) is 3.57 Å². The molecule has 0 heterocycles. The van der Waals surface area contributed by atoms with Crippen LogP contribution >= 0.6 is 22.6 Å². The van der Waals surface area contributed by atoms with E-state index in [0.29, 0.717) is 0 Å². The molecule has 4 heteroatoms. The standard InChI is InChI=1S/C12H10IN3/c13-10-6-8-12(9-7-10)15-16-14-11-4-2-1-3-5-11/h1-9H,(H,14,15). The van der Waals surface area contributed by atoms with Gasteiger partial charge in [0.1, 0.15) is 0 Å². The van der Waals surface area contributed by atoms with E-state index in [2.05, 4.69) is 38.4 Å². The van der Waals surface area contributed by atoms with E-state index in [1.807, 2.05) is 54.6 Å². The summed E-state index contributed by atoms with van der Waals surface area (Å²) in [6.07, 6.45) is 0. The summed E-state index contributed by atoms with van der Waals surface area (Å²) in [6, 6.07) is 17.6. The largest absolute Gasteiger partial charge is 0.260 e. The number of anilines is 1. The molecular weight excluding hydrogens is 313 g/mol. The number of hydrogen-bond acceptors (Lipinski definition) is 2. The molecule has 0 aliphatic heterocycles. The molecule has 80 valence electrons. The van der Waals surface area contributed by atoms with Gasteiger partial charge in [0.25, 0.3) is 0 Å². The van der Waals surface area contributed by atoms with E-state index in [9.17, 15) is 0 Å². The molecule has 1 N–H and O–H groups in total. The summed E-state index contributed by atoms with van der Waals surface area (Å²) in [5.41, 5.74) is 4.63. The van der Waals surface area contributed by atoms with Crippen molar-refractivity contribution in [1.82, 2.24) is 0 Å². The highest BCUT2D eigenvalue weighted by Crippen LogP contribution is 2.15. The maximum Gasteiger partial charge on any atom is 0.0875 e. The van der Waals surface area contributed by atoms with E-state index in [1.54, 1.807) is 0 Å². The molecule has 0 spiro atoms. The fourth-order valence-electron chi connectivity index (χ4n) is 1.16. The van der Waals surface area contributed by atoms with Crippen molar-refractivity contribution >= 4 is 34.0 Å². The number of hydrogen-bond donors (Lipinski definition) is 1. The molecule has 0 fully saturated rings. The molecule has 2 aromatic rings. The fraction of sp³-hybridized carbons (Fsp3) is 0. The fourth-order valence-corrected chi connectivity index (χ4v) is 1.52. The molecule has 0 amide bonds. The van der Waals surface area contributed by atoms with Crippen LogP contribution in [0, 0.1) is 3.57 Å². The minimum absolute atomic E-state index is 0.837. The number of para-hydroxylation sites is 1. The molecule has 0 unspecified atom stereocenters. The summed E-state index contributed by atoms with van der Waals surface area (Å²) in [7, 11) is 0. The minimum atomic E-state index is 0.837. The Morgan fingerprint density at radius 1 is 0.875 bits per heavy atom. The van der Waals surface area contributed by atoms with Gasteiger partial charge >= 0.3 is 0 Å². The molecule has 0 radical (unpaired) electrons. The number of nitrogens with one attached hydrogen (secondary N) is 1. The van der Waals surface area contributed by atoms with Gasteiger partial charge in [-0.2, -0.15) is 0 Å². The molecule has 3 nitrogen and oxygen atoms in total. The van der Waals surface area contributed by atoms with Crippen LogP contribution in [-0.4, -0.2) is 0 Å². The summed E-state index contributed by atoms with van der Waals surface area (Å²) >= 11 is 2.26. The smallest absolute Gasteiger partial charge is 0.0875 e. The van der Waals surface area contributed by atoms with Crippen LogP contribution in [0.1, 0.15) is 0 Å². The molecule has 0 bridgehead atoms. The maximum absolute atomic E-state index is 4.05. The van der Waals surface area contributed by atoms with Gasteiger partial charge in [0.05, 0.1) is 11.4 Å². The van der Waals surface area contributed by atoms with Gasteiger partial charge in [-0.05, 0) is 59.0 Å². The lowest BCUT2D eigenvalue weighted by molar-refractivity contribution is 1.13. The normalized spacial score (nSPS) is 10.6. The van der Waals surface area contributed by atoms with Crippen molar-refractivity contribution in [3.63, 3.8) is 0 Å². The van der Waals surface area contributed by atoms with Gasteiger partial charge in [-0.15, -0.1) is 5.11 Å². The molecule has 0 atom stereocenters. The monoisotopic (exact) mass is 323 g/mol. The topological polar surface area (TPSA) is 36.8 Å². The molecule has 0 aliphatic rings. The van der Waals surface area contributed by atoms with Crippen molar-refractivity contribution in [3.8, 4) is 0 Å². The van der Waals surface area contributed by atoms with Crippen LogP contribution in [-0.2, 0) is 0 Å². The van der Waals surface area contributed by atoms with Crippen molar-refractivity contribution in [2.75, 3.05) is 5.43 Å². The molecule has 2 aromatic carbocycles. The third-order valence-electron chi connectivity index (χ3n) is 1.94. The van der Waals surface area contributed by atoms with E-state index in [-0.39, 0.29) is 0 Å². The summed E-state index contributed by atoms with van der Waals surface area (Å²) in [5.74, 6) is 0. The Balaban J connectivity index is 1.98. The second kappa shape index (κ2) is 5.60. The Kier molecular flexibility index (Phi) is 3.87. The van der Waals surface area contributed by atoms with Crippen LogP contribution in [0.2, 0.25) is 0 Å². The average molecular weight is 323 g/mol. The molecule has 2 rings (SSSR count). The van der Waals surface area contributed by atoms with E-state index in [4.69, 9.17) is 0 Å². The zero-order valence-corrected chi connectivity index (χ0v) is 10.6. The third-order valence-corrected chi connectivity index (χ3v) is 2.66. The first-order valence-corrected chi connectivity index (χ1v) is 5.90. The second-order valence-electron chi connectivity index (χ2n) is 3.15. The highest BCUT2D eigenvalue weighted by molar-refractivity contribution is 14.1. The van der Waals surface area contributed by atoms with Gasteiger partial charge < -0.3 is 0 Å². The molecular formula is C12H10IN3. The number of nitrogens with zero attached hydrogens (tertiary/aromatic N) is 2. The maximum atomic E-state index is 4.05. The Hall–Kier alpha value is -1.43. The summed E-state index contributed by atoms with van der Waals surface area (Å²) < 4.78 is 1.19. The highest BCUT2D eigenvalue weighted by Gasteiger charge is 1.89. The molecule has 0 saturated carbocycles. The van der Waals surface area contributed by atoms with Gasteiger partial charge in [0.15, 0.2) is 0 Å². The number of halogens is 1. The van der Waals surface area contributed by atoms with E-state index >= 15 is 0 Å². The van der Waals surface area contributed by atoms with Crippen molar-refractivity contribution in [2.24, 2.45) is 10.3 Å². The molecule has 16 heavy (non-hydrogen) atoms. The Morgan fingerprint density at radius 3 is 2.25 bits per heavy atom. The van der Waals surface area contributed by atoms with Gasteiger partial charge in [-0.3, -0.25) is 5.43 Å². The Morgan fingerprint density at radius 2 is 1.56 bits per heavy atom. The first-order valence-electron chi connectivity index (χ1n) is 4.82. The van der Waals surface area contributed by atoms with Gasteiger partial charge in [-0.1, -0.05) is 23.4 Å². The predicted molar refractivity (Wildman–Crippen MR) is 73.7 cm³/mol. The molecule has 0 aliphatic carbocycles. The SMILES string of the molecule is Ic1ccc(N=NNc2ccccc2)cc1. The lowest BCUT2D eigenvalue weighted by atomic mass is 10.3. The van der Waals surface area contributed by atoms with Gasteiger partial charge in [-0.25, -0.2) is 0 Å². The molecule has 0 aromatic heterocycles. The first kappa shape index (κ1) is 11.1. The zero-order valence-electron chi connectivity index (χ0n) is 8.47. The number of rotatable bonds is 3. The van der Waals surface area contributed by atoms with Crippen LogP contribution in [0.4, 0.5) is 11.4 Å². The van der Waals surface area contributed by atoms with Crippen molar-refractivity contribution < 1.29 is 0 Å². The summed E-state index contributed by atoms with van der Waals surface area (Å²) in [5, 5.41) is 7.97. The second-order valence-corrected chi connectivity index (χ2v) is 4.40. The lowest BCUT2D eigenvalue weighted by Crippen LogP contribution is -1.84. The van der Waals surface area contributed by atoms with Crippen LogP contribution < -0.4 is 5.43 Å². The highest BCUT2D eigenvalue weighted by atomic mass is 127. The summed E-state index contributed by atoms with van der Waals surface area (Å²) in [6.45, 7) is 0. The quantitative estimate of drug-likeness (QED) is 0.507. The van der Waals surface area contributed by atoms with E-state index < -0.39 is 0 Å². The Bertz CT molecular complexity index is 465. The van der Waals surface area contributed by atoms with Crippen molar-refractivity contribution in [3.05, 3.63) is 58.2 Å². The summed E-state index contributed by atoms with van der Waals surface area (Å²) in [4.78, 5) is 0. The van der Waals surface area contributed by atoms with E-state index in [1.165, 1.54) is 3.57 Å². The molecule has 0 saturated heterocycles. The third kappa shape index (κ3) is 3.30. The van der Waals surface area contributed by atoms with Crippen LogP contribution in [0.5, 0.6) is 0 Å². The first-order chi connectivity index (χ1) is 7.84. The minimum Gasteiger partial charge on any atom is -0.260 e. The lowest BCUT2D eigenvalue weighted by Gasteiger charge is -1.97. The Labute approximate surface area is 108 Å². The number of benzene rings is 2. The van der Waals surface area contributed by atoms with Crippen molar-refractivity contribution in [1.29, 1.82) is 0 Å². The van der Waals surface area contributed by atoms with Gasteiger partial charge in [0.2, 0.25) is 0 Å². The van der Waals surface area contributed by atoms with Crippen LogP contribution in [0.3, 0.4) is 0 Å². The van der Waals surface area contributed by atoms with Crippen molar-refractivity contribution in [2.45, 2.75) is 0 Å². The van der Waals surface area contributed by atoms with Crippen LogP contribution in [0.15, 0.2) is 64.9 Å². The zero-order chi connectivity index (χ0) is 11.2. The average Bonchev–Trinajstić information content (AvgIpc) is 2.33. The van der Waals surface area contributed by atoms with E-state index in [0.717, 1.165) is 11.4 Å². The predicted octanol–water partition coefficient (Wildman–Crippen LogP) is 4.40. The van der Waals surface area contributed by atoms with Crippen LogP contribution in [0.25, 0.3) is 0 Å².